The topological polar surface area (TPSA) is 24.5 Å². The number of likely N-dealkylation sites (N-methyl/N-ethyl adjacent to an activating group) is 1. The number of morpholine rings is 1. The van der Waals surface area contributed by atoms with Gasteiger partial charge in [0.2, 0.25) is 0 Å². The first-order valence-corrected chi connectivity index (χ1v) is 5.42. The average molecular weight is 219 g/mol. The second kappa shape index (κ2) is 6.40. The highest BCUT2D eigenvalue weighted by Crippen LogP contribution is 2.02. The maximum atomic E-state index is 5.61. The fraction of sp³-hybridized carbons (Fsp3) is 0.800. The summed E-state index contributed by atoms with van der Waals surface area (Å²) in [7, 11) is 2.09. The Morgan fingerprint density at radius 2 is 2.50 bits per heavy atom. The highest BCUT2D eigenvalue weighted by atomic mass is 35.5. The minimum Gasteiger partial charge on any atom is -0.374 e. The van der Waals surface area contributed by atoms with Crippen LogP contribution in [0.5, 0.6) is 0 Å². The Morgan fingerprint density at radius 3 is 3.07 bits per heavy atom. The molecule has 3 nitrogen and oxygen atoms in total. The molecule has 0 aromatic rings. The van der Waals surface area contributed by atoms with Crippen molar-refractivity contribution in [1.29, 1.82) is 0 Å². The van der Waals surface area contributed by atoms with Crippen molar-refractivity contribution < 1.29 is 4.74 Å². The van der Waals surface area contributed by atoms with E-state index in [2.05, 4.69) is 17.3 Å². The quantitative estimate of drug-likeness (QED) is 0.764. The molecule has 0 bridgehead atoms. The van der Waals surface area contributed by atoms with Crippen LogP contribution in [0.1, 0.15) is 6.92 Å². The smallest absolute Gasteiger partial charge is 0.0826 e. The molecular formula is C10H19ClN2O. The Morgan fingerprint density at radius 1 is 1.71 bits per heavy atom. The lowest BCUT2D eigenvalue weighted by molar-refractivity contribution is 0.0115. The zero-order valence-corrected chi connectivity index (χ0v) is 9.68. The van der Waals surface area contributed by atoms with Gasteiger partial charge in [0.15, 0.2) is 0 Å². The molecule has 0 radical (unpaired) electrons. The van der Waals surface area contributed by atoms with E-state index >= 15 is 0 Å². The van der Waals surface area contributed by atoms with Gasteiger partial charge >= 0.3 is 0 Å². The number of ether oxygens (including phenoxy) is 1. The van der Waals surface area contributed by atoms with Crippen LogP contribution in [0.15, 0.2) is 11.1 Å². The summed E-state index contributed by atoms with van der Waals surface area (Å²) in [6.45, 7) is 6.64. The fourth-order valence-corrected chi connectivity index (χ4v) is 1.68. The molecule has 0 amide bonds. The van der Waals surface area contributed by atoms with Gasteiger partial charge in [0, 0.05) is 31.7 Å². The summed E-state index contributed by atoms with van der Waals surface area (Å²) in [4.78, 5) is 2.23. The molecule has 4 heteroatoms. The molecule has 0 aromatic carbocycles. The number of halogens is 1. The first-order valence-electron chi connectivity index (χ1n) is 4.99. The molecule has 14 heavy (non-hydrogen) atoms. The van der Waals surface area contributed by atoms with Crippen LogP contribution in [0.2, 0.25) is 0 Å². The molecule has 1 atom stereocenters. The summed E-state index contributed by atoms with van der Waals surface area (Å²) in [5.41, 5.74) is 2.81. The van der Waals surface area contributed by atoms with Crippen LogP contribution >= 0.6 is 11.6 Å². The van der Waals surface area contributed by atoms with Crippen molar-refractivity contribution in [2.45, 2.75) is 13.0 Å². The van der Waals surface area contributed by atoms with Crippen LogP contribution in [0.25, 0.3) is 0 Å². The molecule has 1 saturated heterocycles. The largest absolute Gasteiger partial charge is 0.374 e. The summed E-state index contributed by atoms with van der Waals surface area (Å²) in [6.07, 6.45) is 0.317. The van der Waals surface area contributed by atoms with E-state index in [1.807, 2.05) is 6.92 Å². The third-order valence-corrected chi connectivity index (χ3v) is 2.60. The molecule has 1 aliphatic heterocycles. The summed E-state index contributed by atoms with van der Waals surface area (Å²) < 4.78 is 5.61. The van der Waals surface area contributed by atoms with Crippen molar-refractivity contribution in [2.24, 2.45) is 0 Å². The third-order valence-electron chi connectivity index (χ3n) is 2.23. The van der Waals surface area contributed by atoms with E-state index < -0.39 is 0 Å². The van der Waals surface area contributed by atoms with E-state index in [1.54, 1.807) is 5.54 Å². The number of hydrogen-bond acceptors (Lipinski definition) is 3. The Labute approximate surface area is 91.1 Å². The predicted octanol–water partition coefficient (Wildman–Crippen LogP) is 1.05. The molecule has 1 heterocycles. The first kappa shape index (κ1) is 12.0. The monoisotopic (exact) mass is 218 g/mol. The van der Waals surface area contributed by atoms with Gasteiger partial charge in [-0.1, -0.05) is 11.6 Å². The van der Waals surface area contributed by atoms with E-state index in [0.717, 1.165) is 32.8 Å². The minimum absolute atomic E-state index is 0.317. The maximum Gasteiger partial charge on any atom is 0.0826 e. The standard InChI is InChI=1S/C10H19ClN2O/c1-9(5-11)7-13(2)8-10-6-12-3-4-14-10/h5,10,12H,3-4,6-8H2,1-2H3. The number of hydrogen-bond donors (Lipinski definition) is 1. The van der Waals surface area contributed by atoms with Crippen LogP contribution in [-0.2, 0) is 4.74 Å². The van der Waals surface area contributed by atoms with Gasteiger partial charge in [-0.05, 0) is 19.5 Å². The molecule has 1 rings (SSSR count). The van der Waals surface area contributed by atoms with Gasteiger partial charge in [-0.15, -0.1) is 0 Å². The Balaban J connectivity index is 2.21. The molecular weight excluding hydrogens is 200 g/mol. The third kappa shape index (κ3) is 4.42. The normalized spacial score (nSPS) is 24.3. The summed E-state index contributed by atoms with van der Waals surface area (Å²) >= 11 is 5.61. The molecule has 0 saturated carbocycles. The van der Waals surface area contributed by atoms with Crippen LogP contribution in [0.4, 0.5) is 0 Å². The van der Waals surface area contributed by atoms with Crippen LogP contribution in [-0.4, -0.2) is 50.8 Å². The molecule has 1 N–H and O–H groups in total. The van der Waals surface area contributed by atoms with Gasteiger partial charge in [0.1, 0.15) is 0 Å². The molecule has 1 aliphatic rings. The van der Waals surface area contributed by atoms with E-state index in [4.69, 9.17) is 16.3 Å². The average Bonchev–Trinajstić information content (AvgIpc) is 2.19. The lowest BCUT2D eigenvalue weighted by Crippen LogP contribution is -2.44. The zero-order valence-electron chi connectivity index (χ0n) is 8.92. The van der Waals surface area contributed by atoms with Crippen molar-refractivity contribution in [3.8, 4) is 0 Å². The fourth-order valence-electron chi connectivity index (χ4n) is 1.61. The number of nitrogens with zero attached hydrogens (tertiary/aromatic N) is 1. The minimum atomic E-state index is 0.317. The second-order valence-electron chi connectivity index (χ2n) is 3.85. The van der Waals surface area contributed by atoms with Crippen molar-refractivity contribution in [3.63, 3.8) is 0 Å². The Hall–Kier alpha value is -0.0900. The maximum absolute atomic E-state index is 5.61. The number of nitrogens with one attached hydrogen (secondary N) is 1. The van der Waals surface area contributed by atoms with Crippen molar-refractivity contribution in [2.75, 3.05) is 39.8 Å². The van der Waals surface area contributed by atoms with Crippen LogP contribution in [0.3, 0.4) is 0 Å². The molecule has 0 aromatic heterocycles. The van der Waals surface area contributed by atoms with Crippen molar-refractivity contribution in [1.82, 2.24) is 10.2 Å². The molecule has 1 unspecified atom stereocenters. The van der Waals surface area contributed by atoms with Gasteiger partial charge in [-0.25, -0.2) is 0 Å². The number of rotatable bonds is 4. The van der Waals surface area contributed by atoms with Gasteiger partial charge in [-0.3, -0.25) is 4.90 Å². The molecule has 82 valence electrons. The van der Waals surface area contributed by atoms with Gasteiger partial charge in [0.05, 0.1) is 12.7 Å². The van der Waals surface area contributed by atoms with Gasteiger partial charge in [-0.2, -0.15) is 0 Å². The highest BCUT2D eigenvalue weighted by Gasteiger charge is 2.15. The molecule has 1 fully saturated rings. The molecule has 0 spiro atoms. The van der Waals surface area contributed by atoms with Gasteiger partial charge < -0.3 is 10.1 Å². The lowest BCUT2D eigenvalue weighted by atomic mass is 10.2. The Bertz CT molecular complexity index is 191. The Kier molecular flexibility index (Phi) is 5.48. The van der Waals surface area contributed by atoms with E-state index in [1.165, 1.54) is 5.57 Å². The second-order valence-corrected chi connectivity index (χ2v) is 4.07. The van der Waals surface area contributed by atoms with Crippen molar-refractivity contribution in [3.05, 3.63) is 11.1 Å². The van der Waals surface area contributed by atoms with E-state index in [0.29, 0.717) is 6.10 Å². The first-order chi connectivity index (χ1) is 6.72. The lowest BCUT2D eigenvalue weighted by Gasteiger charge is -2.28. The summed E-state index contributed by atoms with van der Waals surface area (Å²) in [5.74, 6) is 0. The SMILES string of the molecule is CC(=CCl)CN(C)CC1CNCCO1. The van der Waals surface area contributed by atoms with Crippen LogP contribution < -0.4 is 5.32 Å². The predicted molar refractivity (Wildman–Crippen MR) is 59.7 cm³/mol. The molecule has 0 aliphatic carbocycles. The van der Waals surface area contributed by atoms with E-state index in [-0.39, 0.29) is 0 Å². The van der Waals surface area contributed by atoms with E-state index in [9.17, 15) is 0 Å². The summed E-state index contributed by atoms with van der Waals surface area (Å²) in [6, 6.07) is 0. The van der Waals surface area contributed by atoms with Gasteiger partial charge in [0.25, 0.3) is 0 Å². The van der Waals surface area contributed by atoms with Crippen molar-refractivity contribution >= 4 is 11.6 Å². The van der Waals surface area contributed by atoms with Crippen LogP contribution in [0, 0.1) is 0 Å². The highest BCUT2D eigenvalue weighted by molar-refractivity contribution is 6.25. The zero-order chi connectivity index (χ0) is 10.4. The summed E-state index contributed by atoms with van der Waals surface area (Å²) in [5, 5.41) is 3.32.